The van der Waals surface area contributed by atoms with Crippen LogP contribution in [0.4, 0.5) is 0 Å². The summed E-state index contributed by atoms with van der Waals surface area (Å²) in [6.45, 7) is 3.36. The molecule has 4 nitrogen and oxygen atoms in total. The van der Waals surface area contributed by atoms with E-state index in [0.717, 1.165) is 18.7 Å². The molecule has 0 aliphatic heterocycles. The summed E-state index contributed by atoms with van der Waals surface area (Å²) in [7, 11) is 0. The van der Waals surface area contributed by atoms with Crippen molar-refractivity contribution in [1.82, 2.24) is 14.9 Å². The lowest BCUT2D eigenvalue weighted by atomic mass is 10.2. The van der Waals surface area contributed by atoms with E-state index in [1.165, 1.54) is 0 Å². The molecule has 20 heavy (non-hydrogen) atoms. The number of hydrogen-bond acceptors (Lipinski definition) is 2. The average Bonchev–Trinajstić information content (AvgIpc) is 2.83. The van der Waals surface area contributed by atoms with E-state index in [9.17, 15) is 4.79 Å². The number of amides is 1. The van der Waals surface area contributed by atoms with Gasteiger partial charge in [-0.2, -0.15) is 0 Å². The molecule has 106 valence electrons. The lowest BCUT2D eigenvalue weighted by Gasteiger charge is -2.06. The van der Waals surface area contributed by atoms with Gasteiger partial charge in [0.05, 0.1) is 22.1 Å². The van der Waals surface area contributed by atoms with Crippen LogP contribution in [-0.2, 0) is 6.54 Å². The molecule has 1 heterocycles. The SMILES string of the molecule is Cc1cn(CCCNC(=O)c2ccc(Cl)c(Cl)c2)cn1. The van der Waals surface area contributed by atoms with E-state index in [4.69, 9.17) is 23.2 Å². The molecule has 6 heteroatoms. The minimum atomic E-state index is -0.148. The minimum Gasteiger partial charge on any atom is -0.352 e. The van der Waals surface area contributed by atoms with E-state index in [0.29, 0.717) is 22.2 Å². The van der Waals surface area contributed by atoms with Crippen LogP contribution in [0.1, 0.15) is 22.5 Å². The Labute approximate surface area is 127 Å². The third kappa shape index (κ3) is 3.99. The van der Waals surface area contributed by atoms with Gasteiger partial charge in [-0.1, -0.05) is 23.2 Å². The van der Waals surface area contributed by atoms with Crippen LogP contribution < -0.4 is 5.32 Å². The Morgan fingerprint density at radius 3 is 2.80 bits per heavy atom. The number of aromatic nitrogens is 2. The summed E-state index contributed by atoms with van der Waals surface area (Å²) in [5.41, 5.74) is 1.50. The van der Waals surface area contributed by atoms with Crippen LogP contribution in [0.25, 0.3) is 0 Å². The van der Waals surface area contributed by atoms with Crippen LogP contribution in [-0.4, -0.2) is 22.0 Å². The second-order valence-corrected chi connectivity index (χ2v) is 5.31. The van der Waals surface area contributed by atoms with Gasteiger partial charge in [0, 0.05) is 24.8 Å². The monoisotopic (exact) mass is 311 g/mol. The van der Waals surface area contributed by atoms with Gasteiger partial charge in [-0.25, -0.2) is 4.98 Å². The van der Waals surface area contributed by atoms with Crippen LogP contribution in [0.3, 0.4) is 0 Å². The fourth-order valence-corrected chi connectivity index (χ4v) is 2.10. The van der Waals surface area contributed by atoms with Crippen molar-refractivity contribution in [1.29, 1.82) is 0 Å². The van der Waals surface area contributed by atoms with Crippen molar-refractivity contribution in [2.45, 2.75) is 19.9 Å². The molecule has 0 spiro atoms. The number of aryl methyl sites for hydroxylation is 2. The molecule has 1 aromatic heterocycles. The molecule has 0 aliphatic carbocycles. The van der Waals surface area contributed by atoms with Gasteiger partial charge >= 0.3 is 0 Å². The van der Waals surface area contributed by atoms with Crippen LogP contribution in [0.15, 0.2) is 30.7 Å². The van der Waals surface area contributed by atoms with E-state index in [-0.39, 0.29) is 5.91 Å². The zero-order valence-electron chi connectivity index (χ0n) is 11.1. The highest BCUT2D eigenvalue weighted by atomic mass is 35.5. The van der Waals surface area contributed by atoms with Gasteiger partial charge in [0.25, 0.3) is 5.91 Å². The molecule has 0 saturated carbocycles. The molecular formula is C14H15Cl2N3O. The van der Waals surface area contributed by atoms with E-state index < -0.39 is 0 Å². The van der Waals surface area contributed by atoms with Gasteiger partial charge in [-0.15, -0.1) is 0 Å². The van der Waals surface area contributed by atoms with Crippen LogP contribution in [0.2, 0.25) is 10.0 Å². The zero-order valence-corrected chi connectivity index (χ0v) is 12.6. The smallest absolute Gasteiger partial charge is 0.251 e. The molecule has 1 amide bonds. The van der Waals surface area contributed by atoms with Crippen LogP contribution in [0, 0.1) is 6.92 Å². The highest BCUT2D eigenvalue weighted by Crippen LogP contribution is 2.22. The predicted molar refractivity (Wildman–Crippen MR) is 80.4 cm³/mol. The maximum atomic E-state index is 11.9. The summed E-state index contributed by atoms with van der Waals surface area (Å²) in [5.74, 6) is -0.148. The second-order valence-electron chi connectivity index (χ2n) is 4.49. The largest absolute Gasteiger partial charge is 0.352 e. The summed E-state index contributed by atoms with van der Waals surface area (Å²) < 4.78 is 2.00. The summed E-state index contributed by atoms with van der Waals surface area (Å²) >= 11 is 11.7. The van der Waals surface area contributed by atoms with E-state index in [1.807, 2.05) is 17.7 Å². The Hall–Kier alpha value is -1.52. The Morgan fingerprint density at radius 2 is 2.15 bits per heavy atom. The van der Waals surface area contributed by atoms with Crippen molar-refractivity contribution in [3.63, 3.8) is 0 Å². The molecule has 0 saturated heterocycles. The maximum absolute atomic E-state index is 11.9. The number of nitrogens with zero attached hydrogens (tertiary/aromatic N) is 2. The lowest BCUT2D eigenvalue weighted by Crippen LogP contribution is -2.25. The molecule has 0 fully saturated rings. The molecule has 1 aromatic carbocycles. The molecule has 0 bridgehead atoms. The summed E-state index contributed by atoms with van der Waals surface area (Å²) in [5, 5.41) is 3.67. The number of imidazole rings is 1. The van der Waals surface area contributed by atoms with Crippen LogP contribution >= 0.6 is 23.2 Å². The first-order valence-electron chi connectivity index (χ1n) is 6.28. The Kier molecular flexibility index (Phi) is 5.04. The van der Waals surface area contributed by atoms with Crippen molar-refractivity contribution < 1.29 is 4.79 Å². The van der Waals surface area contributed by atoms with Gasteiger partial charge in [0.15, 0.2) is 0 Å². The summed E-state index contributed by atoms with van der Waals surface area (Å²) in [6, 6.07) is 4.84. The molecule has 0 atom stereocenters. The number of hydrogen-bond donors (Lipinski definition) is 1. The van der Waals surface area contributed by atoms with Crippen molar-refractivity contribution >= 4 is 29.1 Å². The average molecular weight is 312 g/mol. The fraction of sp³-hybridized carbons (Fsp3) is 0.286. The van der Waals surface area contributed by atoms with E-state index in [2.05, 4.69) is 10.3 Å². The minimum absolute atomic E-state index is 0.148. The number of halogens is 2. The van der Waals surface area contributed by atoms with E-state index in [1.54, 1.807) is 24.5 Å². The molecule has 0 unspecified atom stereocenters. The zero-order chi connectivity index (χ0) is 14.5. The molecule has 2 aromatic rings. The second kappa shape index (κ2) is 6.77. The van der Waals surface area contributed by atoms with Crippen molar-refractivity contribution in [2.75, 3.05) is 6.54 Å². The number of nitrogens with one attached hydrogen (secondary N) is 1. The van der Waals surface area contributed by atoms with Crippen molar-refractivity contribution in [3.05, 3.63) is 52.0 Å². The molecule has 0 aliphatic rings. The summed E-state index contributed by atoms with van der Waals surface area (Å²) in [4.78, 5) is 16.0. The molecule has 1 N–H and O–H groups in total. The number of benzene rings is 1. The number of carbonyl (C=O) groups is 1. The standard InChI is InChI=1S/C14H15Cl2N3O/c1-10-8-19(9-18-10)6-2-5-17-14(20)11-3-4-12(15)13(16)7-11/h3-4,7-9H,2,5-6H2,1H3,(H,17,20). The first-order chi connectivity index (χ1) is 9.56. The fourth-order valence-electron chi connectivity index (χ4n) is 1.80. The highest BCUT2D eigenvalue weighted by molar-refractivity contribution is 6.42. The number of rotatable bonds is 5. The Balaban J connectivity index is 1.78. The third-order valence-corrected chi connectivity index (χ3v) is 3.56. The predicted octanol–water partition coefficient (Wildman–Crippen LogP) is 3.32. The first kappa shape index (κ1) is 14.9. The van der Waals surface area contributed by atoms with Gasteiger partial charge in [0.1, 0.15) is 0 Å². The number of carbonyl (C=O) groups excluding carboxylic acids is 1. The highest BCUT2D eigenvalue weighted by Gasteiger charge is 2.07. The van der Waals surface area contributed by atoms with Gasteiger partial charge < -0.3 is 9.88 Å². The molecular weight excluding hydrogens is 297 g/mol. The molecule has 0 radical (unpaired) electrons. The van der Waals surface area contributed by atoms with Gasteiger partial charge in [0.2, 0.25) is 0 Å². The first-order valence-corrected chi connectivity index (χ1v) is 7.03. The van der Waals surface area contributed by atoms with Crippen molar-refractivity contribution in [3.8, 4) is 0 Å². The quantitative estimate of drug-likeness (QED) is 0.861. The van der Waals surface area contributed by atoms with Gasteiger partial charge in [-0.05, 0) is 31.5 Å². The Morgan fingerprint density at radius 1 is 1.35 bits per heavy atom. The van der Waals surface area contributed by atoms with E-state index >= 15 is 0 Å². The topological polar surface area (TPSA) is 46.9 Å². The third-order valence-electron chi connectivity index (χ3n) is 2.82. The molecule has 2 rings (SSSR count). The normalized spacial score (nSPS) is 10.6. The maximum Gasteiger partial charge on any atom is 0.251 e. The van der Waals surface area contributed by atoms with Crippen molar-refractivity contribution in [2.24, 2.45) is 0 Å². The summed E-state index contributed by atoms with van der Waals surface area (Å²) in [6.07, 6.45) is 4.60. The van der Waals surface area contributed by atoms with Crippen LogP contribution in [0.5, 0.6) is 0 Å². The lowest BCUT2D eigenvalue weighted by molar-refractivity contribution is 0.0952. The Bertz CT molecular complexity index is 610. The van der Waals surface area contributed by atoms with Gasteiger partial charge in [-0.3, -0.25) is 4.79 Å².